The van der Waals surface area contributed by atoms with Crippen LogP contribution in [-0.4, -0.2) is 35.3 Å². The Kier molecular flexibility index (Phi) is 4.67. The van der Waals surface area contributed by atoms with E-state index >= 15 is 0 Å². The summed E-state index contributed by atoms with van der Waals surface area (Å²) in [5, 5.41) is 8.19. The number of anilines is 2. The van der Waals surface area contributed by atoms with Gasteiger partial charge in [0, 0.05) is 18.7 Å². The van der Waals surface area contributed by atoms with Crippen molar-refractivity contribution in [2.45, 2.75) is 19.8 Å². The van der Waals surface area contributed by atoms with Gasteiger partial charge in [-0.3, -0.25) is 5.41 Å². The smallest absolute Gasteiger partial charge is 0.154 e. The first-order valence-corrected chi connectivity index (χ1v) is 8.35. The van der Waals surface area contributed by atoms with Gasteiger partial charge in [-0.2, -0.15) is 0 Å². The average Bonchev–Trinajstić information content (AvgIpc) is 2.62. The van der Waals surface area contributed by atoms with Crippen LogP contribution < -0.4 is 16.4 Å². The van der Waals surface area contributed by atoms with Gasteiger partial charge in [-0.25, -0.2) is 14.4 Å². The van der Waals surface area contributed by atoms with Gasteiger partial charge in [0.25, 0.3) is 0 Å². The molecule has 3 rings (SSSR count). The quantitative estimate of drug-likeness (QED) is 0.739. The molecule has 0 radical (unpaired) electrons. The Labute approximate surface area is 146 Å². The molecule has 1 aromatic carbocycles. The fourth-order valence-electron chi connectivity index (χ4n) is 3.01. The Balaban J connectivity index is 1.80. The molecule has 0 amide bonds. The van der Waals surface area contributed by atoms with Crippen molar-refractivity contribution in [1.82, 2.24) is 9.97 Å². The number of nitrogen functional groups attached to an aromatic ring is 1. The van der Waals surface area contributed by atoms with E-state index in [1.165, 1.54) is 12.1 Å². The molecule has 0 saturated carbocycles. The molecular formula is C18H23FN6. The first kappa shape index (κ1) is 17.3. The predicted molar refractivity (Wildman–Crippen MR) is 97.4 cm³/mol. The molecule has 0 atom stereocenters. The van der Waals surface area contributed by atoms with Crippen LogP contribution in [0.1, 0.15) is 31.0 Å². The molecule has 1 fully saturated rings. The summed E-state index contributed by atoms with van der Waals surface area (Å²) in [6.07, 6.45) is 3.57. The molecule has 2 aromatic rings. The van der Waals surface area contributed by atoms with Crippen LogP contribution in [0.2, 0.25) is 0 Å². The molecule has 0 bridgehead atoms. The lowest BCUT2D eigenvalue weighted by molar-refractivity contribution is 0.258. The Morgan fingerprint density at radius 2 is 2.00 bits per heavy atom. The lowest BCUT2D eigenvalue weighted by Gasteiger charge is -2.39. The maximum atomic E-state index is 13.9. The van der Waals surface area contributed by atoms with Crippen LogP contribution >= 0.6 is 0 Å². The molecule has 25 heavy (non-hydrogen) atoms. The predicted octanol–water partition coefficient (Wildman–Crippen LogP) is 2.18. The summed E-state index contributed by atoms with van der Waals surface area (Å²) >= 11 is 0. The van der Waals surface area contributed by atoms with E-state index in [-0.39, 0.29) is 28.2 Å². The highest BCUT2D eigenvalue weighted by atomic mass is 19.1. The van der Waals surface area contributed by atoms with Crippen LogP contribution in [0.15, 0.2) is 30.5 Å². The van der Waals surface area contributed by atoms with E-state index in [0.717, 1.165) is 25.9 Å². The van der Waals surface area contributed by atoms with Gasteiger partial charge in [-0.05, 0) is 36.9 Å². The Morgan fingerprint density at radius 1 is 1.32 bits per heavy atom. The van der Waals surface area contributed by atoms with Crippen molar-refractivity contribution in [3.8, 4) is 0 Å². The molecule has 0 unspecified atom stereocenters. The summed E-state index contributed by atoms with van der Waals surface area (Å²) in [7, 11) is 0. The van der Waals surface area contributed by atoms with E-state index in [9.17, 15) is 4.39 Å². The van der Waals surface area contributed by atoms with E-state index in [1.807, 2.05) is 0 Å². The largest absolute Gasteiger partial charge is 0.382 e. The number of hydrogen-bond donors (Lipinski definition) is 3. The van der Waals surface area contributed by atoms with Crippen molar-refractivity contribution >= 4 is 17.3 Å². The Morgan fingerprint density at radius 3 is 2.60 bits per heavy atom. The molecule has 1 aromatic heterocycles. The molecule has 2 heterocycles. The summed E-state index contributed by atoms with van der Waals surface area (Å²) in [6, 6.07) is 6.10. The van der Waals surface area contributed by atoms with E-state index < -0.39 is 5.82 Å². The highest BCUT2D eigenvalue weighted by Crippen LogP contribution is 2.31. The van der Waals surface area contributed by atoms with E-state index in [4.69, 9.17) is 16.9 Å². The summed E-state index contributed by atoms with van der Waals surface area (Å²) in [5.41, 5.74) is 12.3. The fourth-order valence-corrected chi connectivity index (χ4v) is 3.01. The number of nitrogens with zero attached hydrogens (tertiary/aromatic N) is 3. The molecule has 132 valence electrons. The zero-order chi connectivity index (χ0) is 18.0. The number of rotatable bonds is 4. The number of aromatic nitrogens is 2. The Hall–Kier alpha value is -2.54. The van der Waals surface area contributed by atoms with Gasteiger partial charge in [-0.1, -0.05) is 19.1 Å². The number of nitrogens with one attached hydrogen (secondary N) is 1. The van der Waals surface area contributed by atoms with Gasteiger partial charge in [0.2, 0.25) is 0 Å². The topological polar surface area (TPSA) is 105 Å². The first-order valence-electron chi connectivity index (χ1n) is 8.35. The molecule has 7 heteroatoms. The van der Waals surface area contributed by atoms with Crippen LogP contribution in [0.5, 0.6) is 0 Å². The lowest BCUT2D eigenvalue weighted by atomic mass is 9.80. The van der Waals surface area contributed by atoms with Crippen molar-refractivity contribution in [2.75, 3.05) is 30.3 Å². The van der Waals surface area contributed by atoms with Crippen molar-refractivity contribution in [2.24, 2.45) is 11.1 Å². The second-order valence-electron chi connectivity index (χ2n) is 6.82. The van der Waals surface area contributed by atoms with Gasteiger partial charge in [-0.15, -0.1) is 0 Å². The van der Waals surface area contributed by atoms with Gasteiger partial charge >= 0.3 is 0 Å². The molecule has 1 aliphatic heterocycles. The van der Waals surface area contributed by atoms with Gasteiger partial charge < -0.3 is 16.4 Å². The molecule has 0 spiro atoms. The highest BCUT2D eigenvalue weighted by Gasteiger charge is 2.29. The van der Waals surface area contributed by atoms with E-state index in [0.29, 0.717) is 12.4 Å². The molecule has 1 saturated heterocycles. The van der Waals surface area contributed by atoms with E-state index in [2.05, 4.69) is 21.8 Å². The normalized spacial score (nSPS) is 16.7. The number of benzene rings is 1. The third-order valence-electron chi connectivity index (χ3n) is 4.95. The Bertz CT molecular complexity index is 783. The lowest BCUT2D eigenvalue weighted by Crippen LogP contribution is -2.42. The van der Waals surface area contributed by atoms with Gasteiger partial charge in [0.1, 0.15) is 17.3 Å². The van der Waals surface area contributed by atoms with Gasteiger partial charge in [0.05, 0.1) is 11.9 Å². The zero-order valence-electron chi connectivity index (χ0n) is 14.3. The fraction of sp³-hybridized carbons (Fsp3) is 0.389. The van der Waals surface area contributed by atoms with Crippen LogP contribution in [-0.2, 0) is 0 Å². The average molecular weight is 342 g/mol. The standard InChI is InChI=1S/C18H23FN6/c1-18(11-20)6-8-25(9-7-18)14-10-23-16(17(22)24-14)15(21)12-4-2-3-5-13(12)19/h2-5,10,21H,6-9,11,20H2,1H3,(H2,22,24). The van der Waals surface area contributed by atoms with Crippen molar-refractivity contribution in [1.29, 1.82) is 5.41 Å². The van der Waals surface area contributed by atoms with Crippen LogP contribution in [0, 0.1) is 16.6 Å². The second kappa shape index (κ2) is 6.76. The van der Waals surface area contributed by atoms with E-state index in [1.54, 1.807) is 18.3 Å². The minimum Gasteiger partial charge on any atom is -0.382 e. The molecule has 1 aliphatic rings. The third-order valence-corrected chi connectivity index (χ3v) is 4.95. The second-order valence-corrected chi connectivity index (χ2v) is 6.82. The number of nitrogens with two attached hydrogens (primary N) is 2. The number of hydrogen-bond acceptors (Lipinski definition) is 6. The molecule has 0 aliphatic carbocycles. The number of piperidine rings is 1. The summed E-state index contributed by atoms with van der Waals surface area (Å²) < 4.78 is 13.9. The minimum absolute atomic E-state index is 0.0657. The molecule has 6 nitrogen and oxygen atoms in total. The van der Waals surface area contributed by atoms with Crippen LogP contribution in [0.25, 0.3) is 0 Å². The van der Waals surface area contributed by atoms with Crippen molar-refractivity contribution in [3.63, 3.8) is 0 Å². The monoisotopic (exact) mass is 342 g/mol. The SMILES string of the molecule is CC1(CN)CCN(c2cnc(C(=N)c3ccccc3F)c(N)n2)CC1. The summed E-state index contributed by atoms with van der Waals surface area (Å²) in [6.45, 7) is 4.55. The highest BCUT2D eigenvalue weighted by molar-refractivity contribution is 6.12. The zero-order valence-corrected chi connectivity index (χ0v) is 14.3. The number of halogens is 1. The minimum atomic E-state index is -0.477. The molecular weight excluding hydrogens is 319 g/mol. The summed E-state index contributed by atoms with van der Waals surface area (Å²) in [4.78, 5) is 10.8. The van der Waals surface area contributed by atoms with Crippen LogP contribution in [0.4, 0.5) is 16.0 Å². The van der Waals surface area contributed by atoms with Crippen LogP contribution in [0.3, 0.4) is 0 Å². The maximum Gasteiger partial charge on any atom is 0.154 e. The third kappa shape index (κ3) is 3.46. The van der Waals surface area contributed by atoms with Crippen molar-refractivity contribution < 1.29 is 4.39 Å². The first-order chi connectivity index (χ1) is 11.9. The summed E-state index contributed by atoms with van der Waals surface area (Å²) in [5.74, 6) is 0.342. The maximum absolute atomic E-state index is 13.9. The van der Waals surface area contributed by atoms with Crippen molar-refractivity contribution in [3.05, 3.63) is 47.5 Å². The van der Waals surface area contributed by atoms with Gasteiger partial charge in [0.15, 0.2) is 5.82 Å². The molecule has 5 N–H and O–H groups in total.